The molecule has 0 fully saturated rings. The predicted molar refractivity (Wildman–Crippen MR) is 81.3 cm³/mol. The number of carbonyl (C=O) groups excluding carboxylic acids is 1. The number of methoxy groups -OCH3 is 1. The van der Waals surface area contributed by atoms with Gasteiger partial charge in [0.2, 0.25) is 5.91 Å². The summed E-state index contributed by atoms with van der Waals surface area (Å²) in [6.45, 7) is 6.16. The highest BCUT2D eigenvalue weighted by molar-refractivity contribution is 5.75. The normalized spacial score (nSPS) is 11.0. The molecular formula is C16H33NO2. The third-order valence-electron chi connectivity index (χ3n) is 3.46. The topological polar surface area (TPSA) is 29.5 Å². The third kappa shape index (κ3) is 12.2. The fraction of sp³-hybridized carbons (Fsp3) is 0.938. The van der Waals surface area contributed by atoms with Crippen molar-refractivity contribution in [2.75, 3.05) is 27.3 Å². The summed E-state index contributed by atoms with van der Waals surface area (Å²) in [5, 5.41) is 0. The molecule has 0 unspecified atom stereocenters. The Kier molecular flexibility index (Phi) is 12.1. The number of ether oxygens (including phenoxy) is 1. The highest BCUT2D eigenvalue weighted by Crippen LogP contribution is 2.09. The van der Waals surface area contributed by atoms with Gasteiger partial charge in [-0.3, -0.25) is 4.79 Å². The van der Waals surface area contributed by atoms with Crippen LogP contribution in [-0.2, 0) is 9.53 Å². The van der Waals surface area contributed by atoms with Gasteiger partial charge in [-0.05, 0) is 25.2 Å². The number of carbonyl (C=O) groups is 1. The molecule has 0 aromatic heterocycles. The van der Waals surface area contributed by atoms with Gasteiger partial charge in [0.1, 0.15) is 0 Å². The van der Waals surface area contributed by atoms with E-state index in [-0.39, 0.29) is 0 Å². The van der Waals surface area contributed by atoms with Crippen molar-refractivity contribution >= 4 is 5.91 Å². The van der Waals surface area contributed by atoms with Crippen LogP contribution in [0.3, 0.4) is 0 Å². The molecule has 0 spiro atoms. The quantitative estimate of drug-likeness (QED) is 0.504. The van der Waals surface area contributed by atoms with Crippen molar-refractivity contribution in [3.05, 3.63) is 0 Å². The number of nitrogens with zero attached hydrogens (tertiary/aromatic N) is 1. The van der Waals surface area contributed by atoms with Crippen molar-refractivity contribution in [2.45, 2.75) is 65.2 Å². The van der Waals surface area contributed by atoms with Crippen LogP contribution in [0.2, 0.25) is 0 Å². The monoisotopic (exact) mass is 271 g/mol. The molecule has 0 radical (unpaired) electrons. The molecule has 0 aliphatic carbocycles. The first-order valence-electron chi connectivity index (χ1n) is 7.80. The Morgan fingerprint density at radius 3 is 2.21 bits per heavy atom. The number of unbranched alkanes of at least 4 members (excludes halogenated alkanes) is 5. The number of rotatable bonds is 12. The second-order valence-electron chi connectivity index (χ2n) is 5.86. The predicted octanol–water partition coefficient (Wildman–Crippen LogP) is 3.87. The van der Waals surface area contributed by atoms with Crippen LogP contribution in [0.5, 0.6) is 0 Å². The Labute approximate surface area is 119 Å². The van der Waals surface area contributed by atoms with Gasteiger partial charge in [-0.1, -0.05) is 39.5 Å². The van der Waals surface area contributed by atoms with Gasteiger partial charge in [0, 0.05) is 33.7 Å². The second-order valence-corrected chi connectivity index (χ2v) is 5.86. The first-order valence-corrected chi connectivity index (χ1v) is 7.80. The fourth-order valence-corrected chi connectivity index (χ4v) is 2.00. The molecule has 0 N–H and O–H groups in total. The van der Waals surface area contributed by atoms with Crippen molar-refractivity contribution in [3.8, 4) is 0 Å². The summed E-state index contributed by atoms with van der Waals surface area (Å²) >= 11 is 0. The van der Waals surface area contributed by atoms with Gasteiger partial charge in [-0.2, -0.15) is 0 Å². The molecule has 0 saturated heterocycles. The van der Waals surface area contributed by atoms with Crippen LogP contribution in [0.25, 0.3) is 0 Å². The van der Waals surface area contributed by atoms with E-state index in [9.17, 15) is 4.79 Å². The van der Waals surface area contributed by atoms with Crippen molar-refractivity contribution in [2.24, 2.45) is 5.92 Å². The Morgan fingerprint density at radius 1 is 1.05 bits per heavy atom. The molecule has 0 aliphatic rings. The number of amides is 1. The Hall–Kier alpha value is -0.570. The Bertz CT molecular complexity index is 217. The summed E-state index contributed by atoms with van der Waals surface area (Å²) in [7, 11) is 3.68. The molecule has 0 aliphatic heterocycles. The first kappa shape index (κ1) is 18.4. The van der Waals surface area contributed by atoms with Crippen LogP contribution >= 0.6 is 0 Å². The zero-order chi connectivity index (χ0) is 14.5. The average Bonchev–Trinajstić information content (AvgIpc) is 2.38. The van der Waals surface area contributed by atoms with Crippen molar-refractivity contribution < 1.29 is 9.53 Å². The van der Waals surface area contributed by atoms with Crippen LogP contribution in [0.15, 0.2) is 0 Å². The van der Waals surface area contributed by atoms with Crippen LogP contribution in [0, 0.1) is 5.92 Å². The van der Waals surface area contributed by atoms with Crippen molar-refractivity contribution in [1.82, 2.24) is 4.90 Å². The minimum Gasteiger partial charge on any atom is -0.385 e. The van der Waals surface area contributed by atoms with Gasteiger partial charge in [-0.15, -0.1) is 0 Å². The van der Waals surface area contributed by atoms with Crippen LogP contribution in [0.1, 0.15) is 65.2 Å². The zero-order valence-corrected chi connectivity index (χ0v) is 13.4. The van der Waals surface area contributed by atoms with Crippen LogP contribution < -0.4 is 0 Å². The number of hydrogen-bond donors (Lipinski definition) is 0. The Balaban J connectivity index is 3.37. The molecule has 1 amide bonds. The molecule has 0 saturated carbocycles. The lowest BCUT2D eigenvalue weighted by molar-refractivity contribution is -0.130. The molecule has 3 nitrogen and oxygen atoms in total. The van der Waals surface area contributed by atoms with Crippen molar-refractivity contribution in [1.29, 1.82) is 0 Å². The average molecular weight is 271 g/mol. The van der Waals surface area contributed by atoms with E-state index in [4.69, 9.17) is 4.74 Å². The maximum Gasteiger partial charge on any atom is 0.222 e. The van der Waals surface area contributed by atoms with Crippen LogP contribution in [0.4, 0.5) is 0 Å². The highest BCUT2D eigenvalue weighted by atomic mass is 16.5. The maximum atomic E-state index is 11.8. The van der Waals surface area contributed by atoms with Gasteiger partial charge < -0.3 is 9.64 Å². The minimum atomic E-state index is 0.306. The lowest BCUT2D eigenvalue weighted by atomic mass is 10.1. The van der Waals surface area contributed by atoms with Gasteiger partial charge in [0.05, 0.1) is 0 Å². The lowest BCUT2D eigenvalue weighted by Gasteiger charge is -2.18. The molecular weight excluding hydrogens is 238 g/mol. The summed E-state index contributed by atoms with van der Waals surface area (Å²) in [5.74, 6) is 0.974. The fourth-order valence-electron chi connectivity index (χ4n) is 2.00. The standard InChI is InChI=1S/C16H33NO2/c1-15(2)12-13-17(3)16(18)11-9-7-5-6-8-10-14-19-4/h15H,5-14H2,1-4H3. The summed E-state index contributed by atoms with van der Waals surface area (Å²) in [6.07, 6.45) is 8.94. The molecule has 3 heteroatoms. The van der Waals surface area contributed by atoms with E-state index in [2.05, 4.69) is 13.8 Å². The minimum absolute atomic E-state index is 0.306. The van der Waals surface area contributed by atoms with E-state index >= 15 is 0 Å². The molecule has 19 heavy (non-hydrogen) atoms. The Morgan fingerprint density at radius 2 is 1.63 bits per heavy atom. The molecule has 0 bridgehead atoms. The molecule has 0 heterocycles. The van der Waals surface area contributed by atoms with E-state index in [1.165, 1.54) is 25.7 Å². The lowest BCUT2D eigenvalue weighted by Crippen LogP contribution is -2.28. The first-order chi connectivity index (χ1) is 9.07. The molecule has 0 aromatic carbocycles. The third-order valence-corrected chi connectivity index (χ3v) is 3.46. The van der Waals surface area contributed by atoms with E-state index < -0.39 is 0 Å². The van der Waals surface area contributed by atoms with Crippen LogP contribution in [-0.4, -0.2) is 38.1 Å². The second kappa shape index (κ2) is 12.5. The van der Waals surface area contributed by atoms with E-state index in [0.29, 0.717) is 18.2 Å². The smallest absolute Gasteiger partial charge is 0.222 e. The molecule has 0 atom stereocenters. The largest absolute Gasteiger partial charge is 0.385 e. The SMILES string of the molecule is COCCCCCCCCC(=O)N(C)CCC(C)C. The molecule has 0 aromatic rings. The summed E-state index contributed by atoms with van der Waals surface area (Å²) < 4.78 is 5.02. The summed E-state index contributed by atoms with van der Waals surface area (Å²) in [4.78, 5) is 13.7. The highest BCUT2D eigenvalue weighted by Gasteiger charge is 2.08. The molecule has 114 valence electrons. The van der Waals surface area contributed by atoms with E-state index in [0.717, 1.165) is 32.4 Å². The van der Waals surface area contributed by atoms with E-state index in [1.807, 2.05) is 11.9 Å². The summed E-state index contributed by atoms with van der Waals surface area (Å²) in [5.41, 5.74) is 0. The summed E-state index contributed by atoms with van der Waals surface area (Å²) in [6, 6.07) is 0. The van der Waals surface area contributed by atoms with Gasteiger partial charge in [-0.25, -0.2) is 0 Å². The molecule has 0 rings (SSSR count). The van der Waals surface area contributed by atoms with Gasteiger partial charge >= 0.3 is 0 Å². The maximum absolute atomic E-state index is 11.8. The number of hydrogen-bond acceptors (Lipinski definition) is 2. The van der Waals surface area contributed by atoms with Gasteiger partial charge in [0.15, 0.2) is 0 Å². The zero-order valence-electron chi connectivity index (χ0n) is 13.4. The van der Waals surface area contributed by atoms with Gasteiger partial charge in [0.25, 0.3) is 0 Å². The van der Waals surface area contributed by atoms with E-state index in [1.54, 1.807) is 7.11 Å². The van der Waals surface area contributed by atoms with Crippen molar-refractivity contribution in [3.63, 3.8) is 0 Å².